The lowest BCUT2D eigenvalue weighted by atomic mass is 10.0. The van der Waals surface area contributed by atoms with E-state index in [1.165, 1.54) is 16.7 Å². The second kappa shape index (κ2) is 36.1. The molecule has 0 saturated carbocycles. The zero-order valence-corrected chi connectivity index (χ0v) is 48.5. The number of aliphatic hydroxyl groups is 1. The maximum Gasteiger partial charge on any atom is 0.326 e. The molecule has 0 spiro atoms. The fourth-order valence-electron chi connectivity index (χ4n) is 8.74. The number of nitrogens with two attached hydrogens (primary N) is 3. The van der Waals surface area contributed by atoms with Crippen LogP contribution in [0.25, 0.3) is 0 Å². The molecule has 0 radical (unpaired) electrons. The number of aliphatic carboxylic acids is 1. The molecule has 0 aromatic heterocycles. The van der Waals surface area contributed by atoms with Gasteiger partial charge in [0.05, 0.1) is 25.7 Å². The number of nitrogens with zero attached hydrogens (tertiary/aromatic N) is 2. The van der Waals surface area contributed by atoms with Crippen LogP contribution in [-0.4, -0.2) is 215 Å². The smallest absolute Gasteiger partial charge is 0.326 e. The van der Waals surface area contributed by atoms with E-state index in [0.717, 1.165) is 0 Å². The van der Waals surface area contributed by atoms with Crippen molar-refractivity contribution in [2.24, 2.45) is 29.0 Å². The first-order valence-corrected chi connectivity index (χ1v) is 28.3. The minimum atomic E-state index is -1.63. The summed E-state index contributed by atoms with van der Waals surface area (Å²) in [5.41, 5.74) is 16.6. The number of hydrogen-bond donors (Lipinski definition) is 18. The Bertz CT molecular complexity index is 2210. The van der Waals surface area contributed by atoms with Crippen molar-refractivity contribution in [1.29, 1.82) is 5.41 Å². The summed E-state index contributed by atoms with van der Waals surface area (Å²) in [6, 6.07) is -12.1. The summed E-state index contributed by atoms with van der Waals surface area (Å²) in [5, 5.41) is 51.7. The van der Waals surface area contributed by atoms with Crippen molar-refractivity contribution in [2.45, 2.75) is 159 Å². The number of carbonyl (C=O) groups excluding carboxylic acids is 11. The zero-order chi connectivity index (χ0) is 61.1. The van der Waals surface area contributed by atoms with E-state index in [9.17, 15) is 67.7 Å². The van der Waals surface area contributed by atoms with Crippen molar-refractivity contribution < 1.29 is 67.7 Å². The van der Waals surface area contributed by atoms with Crippen LogP contribution in [0.3, 0.4) is 0 Å². The fourth-order valence-corrected chi connectivity index (χ4v) is 9.24. The highest BCUT2D eigenvalue weighted by molar-refractivity contribution is 7.80. The average Bonchev–Trinajstić information content (AvgIpc) is 4.22. The third-order valence-corrected chi connectivity index (χ3v) is 13.9. The van der Waals surface area contributed by atoms with E-state index in [0.29, 0.717) is 32.2 Å². The van der Waals surface area contributed by atoms with Gasteiger partial charge in [-0.2, -0.15) is 25.3 Å². The monoisotopic (exact) mass is 1190 g/mol. The van der Waals surface area contributed by atoms with E-state index < -0.39 is 157 Å². The molecule has 32 heteroatoms. The van der Waals surface area contributed by atoms with Gasteiger partial charge in [-0.3, -0.25) is 58.1 Å². The Labute approximate surface area is 482 Å². The van der Waals surface area contributed by atoms with Crippen molar-refractivity contribution in [1.82, 2.24) is 63.0 Å². The van der Waals surface area contributed by atoms with Crippen molar-refractivity contribution in [3.8, 4) is 0 Å². The van der Waals surface area contributed by atoms with Crippen LogP contribution in [0.5, 0.6) is 0 Å². The normalized spacial score (nSPS) is 17.9. The van der Waals surface area contributed by atoms with E-state index in [1.807, 2.05) is 13.8 Å². The number of hydrogen-bond acceptors (Lipinski definition) is 18. The van der Waals surface area contributed by atoms with Gasteiger partial charge in [0.15, 0.2) is 5.96 Å². The number of guanidine groups is 1. The van der Waals surface area contributed by atoms with Crippen LogP contribution >= 0.6 is 25.3 Å². The summed E-state index contributed by atoms with van der Waals surface area (Å²) in [5.74, 6) is -11.1. The third-order valence-electron chi connectivity index (χ3n) is 13.2. The van der Waals surface area contributed by atoms with E-state index in [1.54, 1.807) is 13.8 Å². The second-order valence-corrected chi connectivity index (χ2v) is 21.3. The van der Waals surface area contributed by atoms with Gasteiger partial charge >= 0.3 is 5.97 Å². The number of nitrogens with one attached hydrogen (secondary N) is 11. The topological polar surface area (TPSA) is 474 Å². The Kier molecular flexibility index (Phi) is 31.4. The predicted molar refractivity (Wildman–Crippen MR) is 301 cm³/mol. The molecule has 0 aromatic rings. The quantitative estimate of drug-likeness (QED) is 0.0122. The number of carboxylic acid groups (broad SMARTS) is 1. The molecule has 2 heterocycles. The SMILES string of the molecule is CC(C)C[C@H](NC(=O)[C@H](C)N)C(=O)N[C@@H](CS)C(=O)N1CCC[C@H]1C(=O)N[C@@H](CCCNC(=N)N)C(=O)N[C@H](C(=O)N1CCC[C@H]1C(=O)N[C@@H](CS)C(=O)N[C@@H](CO)C(=O)NCC(=O)NCC(=O)N[C@@H](CCCCN)C(=O)O)C(C)C. The number of carbonyl (C=O) groups is 12. The molecule has 19 N–H and O–H groups in total. The molecule has 0 bridgehead atoms. The van der Waals surface area contributed by atoms with Crippen molar-refractivity contribution >= 4 is 102 Å². The van der Waals surface area contributed by atoms with Gasteiger partial charge in [-0.05, 0) is 89.5 Å². The minimum Gasteiger partial charge on any atom is -0.480 e. The number of amides is 11. The zero-order valence-electron chi connectivity index (χ0n) is 46.7. The van der Waals surface area contributed by atoms with E-state index in [2.05, 4.69) is 78.4 Å². The third kappa shape index (κ3) is 23.9. The fraction of sp³-hybridized carbons (Fsp3) is 0.735. The van der Waals surface area contributed by atoms with Crippen molar-refractivity contribution in [3.05, 3.63) is 0 Å². The Morgan fingerprint density at radius 3 is 1.63 bits per heavy atom. The summed E-state index contributed by atoms with van der Waals surface area (Å²) < 4.78 is 0. The lowest BCUT2D eigenvalue weighted by molar-refractivity contribution is -0.144. The molecule has 2 rings (SSSR count). The summed E-state index contributed by atoms with van der Waals surface area (Å²) in [7, 11) is 0. The Morgan fingerprint density at radius 1 is 0.593 bits per heavy atom. The van der Waals surface area contributed by atoms with E-state index >= 15 is 0 Å². The Morgan fingerprint density at radius 2 is 1.11 bits per heavy atom. The van der Waals surface area contributed by atoms with Crippen LogP contribution in [0.4, 0.5) is 0 Å². The van der Waals surface area contributed by atoms with Gasteiger partial charge in [0.1, 0.15) is 54.4 Å². The number of thiol groups is 2. The molecule has 2 fully saturated rings. The molecule has 0 unspecified atom stereocenters. The largest absolute Gasteiger partial charge is 0.480 e. The lowest BCUT2D eigenvalue weighted by Gasteiger charge is -2.33. The summed E-state index contributed by atoms with van der Waals surface area (Å²) in [6.07, 6.45) is 2.61. The van der Waals surface area contributed by atoms with Crippen LogP contribution in [0.15, 0.2) is 0 Å². The van der Waals surface area contributed by atoms with Crippen LogP contribution in [0.2, 0.25) is 0 Å². The average molecular weight is 1190 g/mol. The Hall–Kier alpha value is -6.51. The molecule has 0 aromatic carbocycles. The van der Waals surface area contributed by atoms with Gasteiger partial charge in [-0.1, -0.05) is 27.7 Å². The predicted octanol–water partition coefficient (Wildman–Crippen LogP) is -6.03. The standard InChI is InChI=1S/C49H86N16O14S2/c1-25(2)19-30(59-39(69)27(5)51)42(72)62-33(24-81)46(76)64-17-9-13-34(64)44(74)58-28(12-8-16-54-49(52)53)41(71)63-38(26(3)4)47(77)65-18-10-14-35(65)45(75)61-32(23-80)43(73)60-31(22-66)40(70)56-20-36(67)55-21-37(68)57-29(48(78)79)11-6-7-15-50/h25-35,38,66,80-81H,6-24,50-51H2,1-5H3,(H,55,67)(H,56,70)(H,57,68)(H,58,74)(H,59,69)(H,60,73)(H,61,75)(H,62,72)(H,63,71)(H,78,79)(H4,52,53,54)/t27-,28-,29-,30-,31-,32-,33-,34-,35-,38-/m0/s1. The Balaban J connectivity index is 2.17. The molecule has 2 aliphatic heterocycles. The van der Waals surface area contributed by atoms with Crippen LogP contribution in [0.1, 0.15) is 98.8 Å². The van der Waals surface area contributed by atoms with Crippen molar-refractivity contribution in [2.75, 3.05) is 57.4 Å². The lowest BCUT2D eigenvalue weighted by Crippen LogP contribution is -2.61. The number of carboxylic acids is 1. The molecule has 11 amide bonds. The maximum absolute atomic E-state index is 14.4. The number of likely N-dealkylation sites (tertiary alicyclic amines) is 2. The molecule has 0 aliphatic carbocycles. The van der Waals surface area contributed by atoms with Crippen molar-refractivity contribution in [3.63, 3.8) is 0 Å². The van der Waals surface area contributed by atoms with Gasteiger partial charge < -0.3 is 90.4 Å². The summed E-state index contributed by atoms with van der Waals surface area (Å²) in [6.45, 7) is 6.88. The highest BCUT2D eigenvalue weighted by Crippen LogP contribution is 2.23. The van der Waals surface area contributed by atoms with Crippen LogP contribution in [-0.2, 0) is 57.5 Å². The number of rotatable bonds is 35. The van der Waals surface area contributed by atoms with E-state index in [-0.39, 0.29) is 81.5 Å². The van der Waals surface area contributed by atoms with Gasteiger partial charge in [0.2, 0.25) is 65.0 Å². The first-order chi connectivity index (χ1) is 38.2. The number of aliphatic hydroxyl groups excluding tert-OH is 1. The minimum absolute atomic E-state index is 0.0257. The first-order valence-electron chi connectivity index (χ1n) is 27.1. The highest BCUT2D eigenvalue weighted by atomic mass is 32.1. The van der Waals surface area contributed by atoms with Gasteiger partial charge in [0, 0.05) is 31.1 Å². The number of unbranched alkanes of at least 4 members (excludes halogenated alkanes) is 1. The maximum atomic E-state index is 14.4. The van der Waals surface area contributed by atoms with Crippen LogP contribution < -0.4 is 70.4 Å². The van der Waals surface area contributed by atoms with Gasteiger partial charge in [0.25, 0.3) is 0 Å². The van der Waals surface area contributed by atoms with Gasteiger partial charge in [-0.15, -0.1) is 0 Å². The van der Waals surface area contributed by atoms with Crippen LogP contribution in [0, 0.1) is 17.2 Å². The summed E-state index contributed by atoms with van der Waals surface area (Å²) in [4.78, 5) is 161. The molecule has 2 saturated heterocycles. The molecule has 10 atom stereocenters. The molecular formula is C49H86N16O14S2. The molecule has 458 valence electrons. The first kappa shape index (κ1) is 70.6. The molecule has 30 nitrogen and oxygen atoms in total. The van der Waals surface area contributed by atoms with Gasteiger partial charge in [-0.25, -0.2) is 4.79 Å². The molecular weight excluding hydrogens is 1100 g/mol. The second-order valence-electron chi connectivity index (χ2n) is 20.6. The summed E-state index contributed by atoms with van der Waals surface area (Å²) >= 11 is 8.50. The molecule has 81 heavy (non-hydrogen) atoms. The molecule has 2 aliphatic rings. The van der Waals surface area contributed by atoms with E-state index in [4.69, 9.17) is 22.6 Å². The highest BCUT2D eigenvalue weighted by Gasteiger charge is 2.43.